The molecule has 0 bridgehead atoms. The van der Waals surface area contributed by atoms with Crippen LogP contribution >= 0.6 is 23.4 Å². The second kappa shape index (κ2) is 7.82. The Hall–Kier alpha value is -1.04. The molecule has 1 saturated heterocycles. The summed E-state index contributed by atoms with van der Waals surface area (Å²) in [6, 6.07) is 7.02. The Balaban J connectivity index is 1.72. The first-order valence-electron chi connectivity index (χ1n) is 6.96. The molecule has 0 atom stereocenters. The Kier molecular flexibility index (Phi) is 6.08. The van der Waals surface area contributed by atoms with Crippen molar-refractivity contribution >= 4 is 35.1 Å². The molecular weight excluding hydrogens is 308 g/mol. The maximum Gasteiger partial charge on any atom is 0.232 e. The first-order chi connectivity index (χ1) is 10.1. The van der Waals surface area contributed by atoms with Gasteiger partial charge in [0.2, 0.25) is 5.91 Å². The second-order valence-electron chi connectivity index (χ2n) is 5.14. The van der Waals surface area contributed by atoms with Crippen LogP contribution in [0.5, 0.6) is 0 Å². The van der Waals surface area contributed by atoms with Gasteiger partial charge >= 0.3 is 0 Å². The molecule has 0 spiro atoms. The Morgan fingerprint density at radius 3 is 2.43 bits per heavy atom. The van der Waals surface area contributed by atoms with E-state index in [0.29, 0.717) is 22.1 Å². The highest BCUT2D eigenvalue weighted by atomic mass is 35.5. The Morgan fingerprint density at radius 1 is 1.19 bits per heavy atom. The SMILES string of the molecule is NC1CCN(C(=O)CSCC(=O)c2ccc(Cl)cc2)CC1. The van der Waals surface area contributed by atoms with Crippen molar-refractivity contribution in [1.82, 2.24) is 4.90 Å². The number of Topliss-reactive ketones (excluding diaryl/α,β-unsaturated/α-hetero) is 1. The molecule has 1 aliphatic rings. The number of likely N-dealkylation sites (tertiary alicyclic amines) is 1. The first-order valence-corrected chi connectivity index (χ1v) is 8.49. The van der Waals surface area contributed by atoms with E-state index in [1.54, 1.807) is 24.3 Å². The molecule has 2 rings (SSSR count). The standard InChI is InChI=1S/C15H19ClN2O2S/c16-12-3-1-11(2-4-12)14(19)9-21-10-15(20)18-7-5-13(17)6-8-18/h1-4,13H,5-10,17H2. The van der Waals surface area contributed by atoms with Gasteiger partial charge in [0, 0.05) is 29.7 Å². The molecule has 1 heterocycles. The van der Waals surface area contributed by atoms with Crippen LogP contribution < -0.4 is 5.73 Å². The number of halogens is 1. The van der Waals surface area contributed by atoms with Crippen LogP contribution in [0, 0.1) is 0 Å². The third-order valence-electron chi connectivity index (χ3n) is 3.52. The highest BCUT2D eigenvalue weighted by molar-refractivity contribution is 8.00. The van der Waals surface area contributed by atoms with Gasteiger partial charge in [0.15, 0.2) is 5.78 Å². The molecule has 21 heavy (non-hydrogen) atoms. The molecule has 1 amide bonds. The number of nitrogens with zero attached hydrogens (tertiary/aromatic N) is 1. The molecule has 1 fully saturated rings. The Morgan fingerprint density at radius 2 is 1.81 bits per heavy atom. The third-order valence-corrected chi connectivity index (χ3v) is 4.69. The zero-order valence-corrected chi connectivity index (χ0v) is 13.3. The van der Waals surface area contributed by atoms with Crippen molar-refractivity contribution in [3.8, 4) is 0 Å². The van der Waals surface area contributed by atoms with Gasteiger partial charge in [0.1, 0.15) is 0 Å². The lowest BCUT2D eigenvalue weighted by Gasteiger charge is -2.30. The summed E-state index contributed by atoms with van der Waals surface area (Å²) in [4.78, 5) is 25.8. The largest absolute Gasteiger partial charge is 0.342 e. The summed E-state index contributed by atoms with van der Waals surface area (Å²) in [7, 11) is 0. The van der Waals surface area contributed by atoms with Crippen LogP contribution in [0.1, 0.15) is 23.2 Å². The fourth-order valence-electron chi connectivity index (χ4n) is 2.19. The Bertz CT molecular complexity index is 499. The Labute approximate surface area is 134 Å². The maximum atomic E-state index is 12.0. The number of hydrogen-bond acceptors (Lipinski definition) is 4. The molecule has 1 aromatic rings. The number of hydrogen-bond donors (Lipinski definition) is 1. The zero-order valence-electron chi connectivity index (χ0n) is 11.8. The summed E-state index contributed by atoms with van der Waals surface area (Å²) in [5.74, 6) is 0.760. The van der Waals surface area contributed by atoms with E-state index in [0.717, 1.165) is 25.9 Å². The average molecular weight is 327 g/mol. The average Bonchev–Trinajstić information content (AvgIpc) is 2.48. The van der Waals surface area contributed by atoms with Crippen molar-refractivity contribution in [1.29, 1.82) is 0 Å². The van der Waals surface area contributed by atoms with Gasteiger partial charge in [-0.3, -0.25) is 9.59 Å². The van der Waals surface area contributed by atoms with Crippen LogP contribution in [-0.2, 0) is 4.79 Å². The molecule has 0 unspecified atom stereocenters. The lowest BCUT2D eigenvalue weighted by atomic mass is 10.1. The highest BCUT2D eigenvalue weighted by Crippen LogP contribution is 2.14. The lowest BCUT2D eigenvalue weighted by Crippen LogP contribution is -2.43. The summed E-state index contributed by atoms with van der Waals surface area (Å²) in [6.07, 6.45) is 1.72. The number of piperidine rings is 1. The molecule has 2 N–H and O–H groups in total. The minimum atomic E-state index is 0.0186. The lowest BCUT2D eigenvalue weighted by molar-refractivity contribution is -0.129. The van der Waals surface area contributed by atoms with Gasteiger partial charge in [-0.05, 0) is 37.1 Å². The summed E-state index contributed by atoms with van der Waals surface area (Å²) < 4.78 is 0. The van der Waals surface area contributed by atoms with E-state index in [4.69, 9.17) is 17.3 Å². The van der Waals surface area contributed by atoms with Gasteiger partial charge in [-0.15, -0.1) is 11.8 Å². The molecule has 0 aliphatic carbocycles. The predicted molar refractivity (Wildman–Crippen MR) is 86.9 cm³/mol. The topological polar surface area (TPSA) is 63.4 Å². The number of rotatable bonds is 5. The van der Waals surface area contributed by atoms with Gasteiger partial charge in [-0.1, -0.05) is 11.6 Å². The number of thioether (sulfide) groups is 1. The van der Waals surface area contributed by atoms with E-state index >= 15 is 0 Å². The summed E-state index contributed by atoms with van der Waals surface area (Å²) in [5.41, 5.74) is 6.44. The fraction of sp³-hybridized carbons (Fsp3) is 0.467. The minimum absolute atomic E-state index is 0.0186. The smallest absolute Gasteiger partial charge is 0.232 e. The van der Waals surface area contributed by atoms with Crippen molar-refractivity contribution < 1.29 is 9.59 Å². The van der Waals surface area contributed by atoms with Crippen LogP contribution in [0.4, 0.5) is 0 Å². The van der Waals surface area contributed by atoms with Crippen molar-refractivity contribution in [2.75, 3.05) is 24.6 Å². The molecule has 0 radical (unpaired) electrons. The van der Waals surface area contributed by atoms with Crippen LogP contribution in [0.3, 0.4) is 0 Å². The van der Waals surface area contributed by atoms with E-state index in [9.17, 15) is 9.59 Å². The predicted octanol–water partition coefficient (Wildman–Crippen LogP) is 2.21. The molecule has 0 saturated carbocycles. The van der Waals surface area contributed by atoms with Crippen molar-refractivity contribution in [2.24, 2.45) is 5.73 Å². The van der Waals surface area contributed by atoms with Gasteiger partial charge in [0.05, 0.1) is 11.5 Å². The fourth-order valence-corrected chi connectivity index (χ4v) is 3.13. The maximum absolute atomic E-state index is 12.0. The number of carbonyl (C=O) groups is 2. The number of benzene rings is 1. The molecule has 0 aromatic heterocycles. The summed E-state index contributed by atoms with van der Waals surface area (Å²) in [6.45, 7) is 1.46. The number of ketones is 1. The van der Waals surface area contributed by atoms with E-state index < -0.39 is 0 Å². The van der Waals surface area contributed by atoms with E-state index in [1.807, 2.05) is 4.90 Å². The van der Waals surface area contributed by atoms with E-state index in [1.165, 1.54) is 11.8 Å². The first kappa shape index (κ1) is 16.3. The molecule has 1 aromatic carbocycles. The van der Waals surface area contributed by atoms with Gasteiger partial charge < -0.3 is 10.6 Å². The second-order valence-corrected chi connectivity index (χ2v) is 6.56. The van der Waals surface area contributed by atoms with Crippen molar-refractivity contribution in [3.05, 3.63) is 34.9 Å². The van der Waals surface area contributed by atoms with Crippen LogP contribution in [0.15, 0.2) is 24.3 Å². The third kappa shape index (κ3) is 5.02. The molecule has 1 aliphatic heterocycles. The van der Waals surface area contributed by atoms with Gasteiger partial charge in [-0.25, -0.2) is 0 Å². The quantitative estimate of drug-likeness (QED) is 0.843. The molecule has 114 valence electrons. The molecule has 4 nitrogen and oxygen atoms in total. The van der Waals surface area contributed by atoms with E-state index in [2.05, 4.69) is 0 Å². The van der Waals surface area contributed by atoms with Gasteiger partial charge in [-0.2, -0.15) is 0 Å². The zero-order chi connectivity index (χ0) is 15.2. The number of carbonyl (C=O) groups excluding carboxylic acids is 2. The number of nitrogens with two attached hydrogens (primary N) is 1. The van der Waals surface area contributed by atoms with Gasteiger partial charge in [0.25, 0.3) is 0 Å². The van der Waals surface area contributed by atoms with E-state index in [-0.39, 0.29) is 17.7 Å². The highest BCUT2D eigenvalue weighted by Gasteiger charge is 2.20. The summed E-state index contributed by atoms with van der Waals surface area (Å²) in [5, 5.41) is 0.609. The monoisotopic (exact) mass is 326 g/mol. The minimum Gasteiger partial charge on any atom is -0.342 e. The van der Waals surface area contributed by atoms with Crippen LogP contribution in [0.25, 0.3) is 0 Å². The number of amides is 1. The summed E-state index contributed by atoms with van der Waals surface area (Å²) >= 11 is 7.14. The van der Waals surface area contributed by atoms with Crippen molar-refractivity contribution in [3.63, 3.8) is 0 Å². The normalized spacial score (nSPS) is 16.0. The molecule has 6 heteroatoms. The van der Waals surface area contributed by atoms with Crippen molar-refractivity contribution in [2.45, 2.75) is 18.9 Å². The van der Waals surface area contributed by atoms with Crippen LogP contribution in [-0.4, -0.2) is 47.2 Å². The molecular formula is C15H19ClN2O2S. The van der Waals surface area contributed by atoms with Crippen LogP contribution in [0.2, 0.25) is 5.02 Å².